The number of imidazole rings is 1. The molecule has 0 bridgehead atoms. The van der Waals surface area contributed by atoms with Gasteiger partial charge in [-0.05, 0) is 0 Å². The van der Waals surface area contributed by atoms with Gasteiger partial charge in [-0.2, -0.15) is 8.62 Å². The van der Waals surface area contributed by atoms with Crippen LogP contribution in [0.1, 0.15) is 11.9 Å². The summed E-state index contributed by atoms with van der Waals surface area (Å²) in [6.45, 7) is -1.00. The van der Waals surface area contributed by atoms with Crippen molar-refractivity contribution in [3.05, 3.63) is 34.8 Å². The first kappa shape index (κ1) is 28.4. The van der Waals surface area contributed by atoms with Crippen LogP contribution in [0.25, 0.3) is 16.8 Å². The molecular formula is C14H17ClN5O14P3. The molecule has 6 N–H and O–H groups in total. The summed E-state index contributed by atoms with van der Waals surface area (Å²) < 4.78 is 53.5. The summed E-state index contributed by atoms with van der Waals surface area (Å²) in [5.41, 5.74) is 0.0950. The Morgan fingerprint density at radius 2 is 1.70 bits per heavy atom. The number of phosphoric acid groups is 3. The average Bonchev–Trinajstić information content (AvgIpc) is 3.31. The molecule has 0 spiro atoms. The summed E-state index contributed by atoms with van der Waals surface area (Å²) in [5.74, 6) is -0.0514. The third kappa shape index (κ3) is 6.16. The maximum absolute atomic E-state index is 12.3. The number of aromatic nitrogens is 5. The highest BCUT2D eigenvalue weighted by atomic mass is 35.5. The van der Waals surface area contributed by atoms with E-state index in [0.717, 1.165) is 10.7 Å². The molecule has 2 unspecified atom stereocenters. The van der Waals surface area contributed by atoms with E-state index < -0.39 is 60.2 Å². The lowest BCUT2D eigenvalue weighted by atomic mass is 10.1. The van der Waals surface area contributed by atoms with Gasteiger partial charge in [0, 0.05) is 6.07 Å². The number of aliphatic hydroxyl groups is 2. The largest absolute Gasteiger partial charge is 0.490 e. The van der Waals surface area contributed by atoms with Gasteiger partial charge in [0.15, 0.2) is 23.0 Å². The Kier molecular flexibility index (Phi) is 7.77. The monoisotopic (exact) mass is 607 g/mol. The SMILES string of the molecule is O=c1cc(CCl)nc2c3ncn([C@@H]4O[C@H](COP(=O)(O)OP(=O)(O)OP(=O)(O)O)[C@@H](O)[C@H]4O)c3ncn12. The number of alkyl halides is 1. The molecule has 4 rings (SSSR count). The van der Waals surface area contributed by atoms with Gasteiger partial charge in [0.1, 0.15) is 24.6 Å². The Morgan fingerprint density at radius 3 is 2.35 bits per heavy atom. The lowest BCUT2D eigenvalue weighted by molar-refractivity contribution is -0.0503. The maximum Gasteiger partial charge on any atom is 0.490 e. The molecule has 4 heterocycles. The second kappa shape index (κ2) is 10.1. The number of phosphoric ester groups is 1. The van der Waals surface area contributed by atoms with Gasteiger partial charge in [0.25, 0.3) is 5.56 Å². The van der Waals surface area contributed by atoms with Gasteiger partial charge in [-0.1, -0.05) is 0 Å². The van der Waals surface area contributed by atoms with Crippen LogP contribution in [0.15, 0.2) is 23.5 Å². The lowest BCUT2D eigenvalue weighted by Crippen LogP contribution is -2.33. The summed E-state index contributed by atoms with van der Waals surface area (Å²) >= 11 is 5.77. The summed E-state index contributed by atoms with van der Waals surface area (Å²) in [6.07, 6.45) is -4.00. The molecule has 1 saturated heterocycles. The van der Waals surface area contributed by atoms with E-state index in [-0.39, 0.29) is 28.4 Å². The van der Waals surface area contributed by atoms with Crippen molar-refractivity contribution in [2.45, 2.75) is 30.4 Å². The van der Waals surface area contributed by atoms with E-state index in [4.69, 9.17) is 26.1 Å². The van der Waals surface area contributed by atoms with Gasteiger partial charge >= 0.3 is 23.5 Å². The molecule has 0 amide bonds. The molecule has 0 aromatic carbocycles. The number of nitrogens with zero attached hydrogens (tertiary/aromatic N) is 5. The minimum Gasteiger partial charge on any atom is -0.387 e. The number of ether oxygens (including phenoxy) is 1. The van der Waals surface area contributed by atoms with Gasteiger partial charge in [-0.15, -0.1) is 11.6 Å². The quantitative estimate of drug-likeness (QED) is 0.127. The van der Waals surface area contributed by atoms with Crippen LogP contribution in [-0.4, -0.2) is 78.6 Å². The smallest absolute Gasteiger partial charge is 0.387 e. The molecule has 23 heteroatoms. The molecule has 0 aliphatic carbocycles. The fourth-order valence-corrected chi connectivity index (χ4v) is 6.56. The first-order valence-corrected chi connectivity index (χ1v) is 14.8. The van der Waals surface area contributed by atoms with Crippen LogP contribution < -0.4 is 5.56 Å². The zero-order valence-electron chi connectivity index (χ0n) is 17.9. The van der Waals surface area contributed by atoms with Crippen LogP contribution in [0.5, 0.6) is 0 Å². The lowest BCUT2D eigenvalue weighted by Gasteiger charge is -2.19. The molecule has 1 aliphatic rings. The van der Waals surface area contributed by atoms with E-state index in [9.17, 15) is 38.5 Å². The van der Waals surface area contributed by atoms with Crippen molar-refractivity contribution in [3.8, 4) is 0 Å². The molecule has 37 heavy (non-hydrogen) atoms. The Labute approximate surface area is 209 Å². The van der Waals surface area contributed by atoms with Crippen molar-refractivity contribution < 1.29 is 61.4 Å². The summed E-state index contributed by atoms with van der Waals surface area (Å²) in [5, 5.41) is 20.8. The minimum atomic E-state index is -5.75. The Morgan fingerprint density at radius 1 is 1.00 bits per heavy atom. The van der Waals surface area contributed by atoms with Crippen molar-refractivity contribution in [3.63, 3.8) is 0 Å². The first-order chi connectivity index (χ1) is 17.1. The fourth-order valence-electron chi connectivity index (χ4n) is 3.39. The van der Waals surface area contributed by atoms with Gasteiger partial charge < -0.3 is 34.5 Å². The van der Waals surface area contributed by atoms with Gasteiger partial charge in [-0.3, -0.25) is 13.9 Å². The highest BCUT2D eigenvalue weighted by Crippen LogP contribution is 2.66. The van der Waals surface area contributed by atoms with Gasteiger partial charge in [0.05, 0.1) is 24.5 Å². The maximum atomic E-state index is 12.3. The molecule has 204 valence electrons. The number of aliphatic hydroxyl groups excluding tert-OH is 2. The van der Waals surface area contributed by atoms with Crippen molar-refractivity contribution in [1.29, 1.82) is 0 Å². The normalized spacial score (nSPS) is 25.9. The average molecular weight is 608 g/mol. The third-order valence-corrected chi connectivity index (χ3v) is 8.92. The van der Waals surface area contributed by atoms with Crippen molar-refractivity contribution in [2.24, 2.45) is 0 Å². The topological polar surface area (TPSA) is 275 Å². The number of fused-ring (bicyclic) bond motifs is 3. The van der Waals surface area contributed by atoms with Gasteiger partial charge in [-0.25, -0.2) is 33.0 Å². The predicted octanol–water partition coefficient (Wildman–Crippen LogP) is -0.860. The number of halogens is 1. The van der Waals surface area contributed by atoms with Crippen LogP contribution in [0.2, 0.25) is 0 Å². The van der Waals surface area contributed by atoms with Crippen molar-refractivity contribution in [2.75, 3.05) is 6.61 Å². The van der Waals surface area contributed by atoms with E-state index in [1.807, 2.05) is 0 Å². The zero-order valence-corrected chi connectivity index (χ0v) is 21.3. The van der Waals surface area contributed by atoms with E-state index in [0.29, 0.717) is 0 Å². The summed E-state index contributed by atoms with van der Waals surface area (Å²) in [4.78, 5) is 60.7. The highest BCUT2D eigenvalue weighted by molar-refractivity contribution is 7.66. The second-order valence-corrected chi connectivity index (χ2v) is 12.1. The van der Waals surface area contributed by atoms with Crippen LogP contribution in [0, 0.1) is 0 Å². The molecule has 3 aromatic heterocycles. The van der Waals surface area contributed by atoms with Crippen molar-refractivity contribution in [1.82, 2.24) is 23.9 Å². The molecule has 3 aromatic rings. The van der Waals surface area contributed by atoms with Gasteiger partial charge in [0.2, 0.25) is 0 Å². The minimum absolute atomic E-state index is 0.0514. The van der Waals surface area contributed by atoms with E-state index in [2.05, 4.69) is 28.1 Å². The first-order valence-electron chi connectivity index (χ1n) is 9.70. The van der Waals surface area contributed by atoms with Crippen molar-refractivity contribution >= 4 is 51.9 Å². The molecule has 0 saturated carbocycles. The van der Waals surface area contributed by atoms with Crippen LogP contribution in [0.3, 0.4) is 0 Å². The Balaban J connectivity index is 1.54. The van der Waals surface area contributed by atoms with E-state index in [1.165, 1.54) is 17.0 Å². The Bertz CT molecular complexity index is 1540. The molecule has 1 aliphatic heterocycles. The standard InChI is InChI=1S/C14H17ClN5O14P3/c15-2-6-1-8(21)19-5-17-12-9(13(19)18-6)16-4-20(12)14-11(23)10(22)7(32-14)3-31-36(27,28)34-37(29,30)33-35(24,25)26/h1,4-5,7,10-11,14,22-23H,2-3H2,(H,27,28)(H,29,30)(H2,24,25,26)/t7-,10-,11-,14-/m1/s1. The molecule has 1 fully saturated rings. The number of rotatable bonds is 9. The molecule has 6 atom stereocenters. The summed E-state index contributed by atoms with van der Waals surface area (Å²) in [7, 11) is -16.8. The van der Waals surface area contributed by atoms with Crippen LogP contribution >= 0.6 is 35.1 Å². The molecular weight excluding hydrogens is 591 g/mol. The van der Waals surface area contributed by atoms with E-state index in [1.54, 1.807) is 0 Å². The van der Waals surface area contributed by atoms with Crippen LogP contribution in [0.4, 0.5) is 0 Å². The number of hydrogen-bond donors (Lipinski definition) is 6. The molecule has 19 nitrogen and oxygen atoms in total. The number of hydrogen-bond acceptors (Lipinski definition) is 13. The third-order valence-electron chi connectivity index (χ3n) is 4.85. The highest BCUT2D eigenvalue weighted by Gasteiger charge is 2.47. The molecule has 0 radical (unpaired) electrons. The fraction of sp³-hybridized carbons (Fsp3) is 0.429. The predicted molar refractivity (Wildman–Crippen MR) is 118 cm³/mol. The second-order valence-electron chi connectivity index (χ2n) is 7.41. The summed E-state index contributed by atoms with van der Waals surface area (Å²) in [6, 6.07) is 1.22. The van der Waals surface area contributed by atoms with E-state index >= 15 is 0 Å². The Hall–Kier alpha value is -1.66. The van der Waals surface area contributed by atoms with Crippen LogP contribution in [-0.2, 0) is 37.5 Å². The zero-order chi connectivity index (χ0) is 27.3.